The van der Waals surface area contributed by atoms with E-state index in [0.29, 0.717) is 5.92 Å². The number of nitrogens with zero attached hydrogens (tertiary/aromatic N) is 2. The number of thioether (sulfide) groups is 1. The summed E-state index contributed by atoms with van der Waals surface area (Å²) >= 11 is 1.70. The lowest BCUT2D eigenvalue weighted by atomic mass is 10.1. The van der Waals surface area contributed by atoms with Gasteiger partial charge in [-0.1, -0.05) is 25.6 Å². The maximum atomic E-state index is 5.70. The maximum absolute atomic E-state index is 5.70. The van der Waals surface area contributed by atoms with Crippen LogP contribution < -0.4 is 5.73 Å². The number of aromatic nitrogens is 2. The van der Waals surface area contributed by atoms with Crippen LogP contribution in [-0.2, 0) is 6.42 Å². The molecular weight excluding hydrogens is 206 g/mol. The molecule has 0 aliphatic heterocycles. The van der Waals surface area contributed by atoms with Crippen LogP contribution in [0.15, 0.2) is 17.6 Å². The van der Waals surface area contributed by atoms with E-state index < -0.39 is 0 Å². The van der Waals surface area contributed by atoms with Gasteiger partial charge in [0, 0.05) is 24.2 Å². The van der Waals surface area contributed by atoms with Gasteiger partial charge in [0.15, 0.2) is 5.16 Å². The van der Waals surface area contributed by atoms with Crippen molar-refractivity contribution in [1.29, 1.82) is 0 Å². The third-order valence-electron chi connectivity index (χ3n) is 1.79. The second kappa shape index (κ2) is 6.08. The Bertz CT molecular complexity index is 282. The van der Waals surface area contributed by atoms with Crippen molar-refractivity contribution in [2.24, 2.45) is 11.7 Å². The van der Waals surface area contributed by atoms with Gasteiger partial charge in [-0.25, -0.2) is 9.97 Å². The zero-order valence-electron chi connectivity index (χ0n) is 9.60. The highest BCUT2D eigenvalue weighted by Crippen LogP contribution is 2.15. The van der Waals surface area contributed by atoms with Crippen LogP contribution in [0.25, 0.3) is 0 Å². The molecule has 0 amide bonds. The van der Waals surface area contributed by atoms with E-state index in [1.165, 1.54) is 0 Å². The molecule has 0 radical (unpaired) electrons. The van der Waals surface area contributed by atoms with Gasteiger partial charge in [0.05, 0.1) is 0 Å². The molecule has 1 aromatic heterocycles. The number of hydrogen-bond donors (Lipinski definition) is 1. The minimum atomic E-state index is 0.169. The molecule has 3 nitrogen and oxygen atoms in total. The Morgan fingerprint density at radius 3 is 2.33 bits per heavy atom. The Labute approximate surface area is 95.9 Å². The second-order valence-electron chi connectivity index (χ2n) is 4.26. The van der Waals surface area contributed by atoms with Crippen LogP contribution in [0.4, 0.5) is 0 Å². The van der Waals surface area contributed by atoms with Gasteiger partial charge in [0.1, 0.15) is 0 Å². The highest BCUT2D eigenvalue weighted by atomic mass is 32.2. The Morgan fingerprint density at radius 2 is 1.87 bits per heavy atom. The third kappa shape index (κ3) is 5.14. The van der Waals surface area contributed by atoms with Crippen LogP contribution in [-0.4, -0.2) is 21.8 Å². The van der Waals surface area contributed by atoms with E-state index >= 15 is 0 Å². The fourth-order valence-electron chi connectivity index (χ4n) is 1.14. The molecule has 0 spiro atoms. The van der Waals surface area contributed by atoms with Crippen molar-refractivity contribution in [1.82, 2.24) is 9.97 Å². The van der Waals surface area contributed by atoms with Crippen molar-refractivity contribution in [2.45, 2.75) is 38.4 Å². The first-order chi connectivity index (χ1) is 7.08. The summed E-state index contributed by atoms with van der Waals surface area (Å²) in [6.07, 6.45) is 4.59. The van der Waals surface area contributed by atoms with Crippen molar-refractivity contribution < 1.29 is 0 Å². The van der Waals surface area contributed by atoms with Gasteiger partial charge >= 0.3 is 0 Å². The fourth-order valence-corrected chi connectivity index (χ4v) is 1.87. The standard InChI is InChI=1S/C11H19N3S/c1-8(2)7-15-11-13-5-10(6-14-11)4-9(3)12/h5-6,8-9H,4,7,12H2,1-3H3. The summed E-state index contributed by atoms with van der Waals surface area (Å²) in [7, 11) is 0. The first-order valence-electron chi connectivity index (χ1n) is 5.27. The normalized spacial score (nSPS) is 13.1. The molecule has 0 aromatic carbocycles. The van der Waals surface area contributed by atoms with E-state index in [1.807, 2.05) is 19.3 Å². The summed E-state index contributed by atoms with van der Waals surface area (Å²) in [6.45, 7) is 6.37. The van der Waals surface area contributed by atoms with Gasteiger partial charge in [0.2, 0.25) is 0 Å². The fraction of sp³-hybridized carbons (Fsp3) is 0.636. The lowest BCUT2D eigenvalue weighted by Crippen LogP contribution is -2.18. The molecule has 1 atom stereocenters. The summed E-state index contributed by atoms with van der Waals surface area (Å²) in [4.78, 5) is 8.60. The number of hydrogen-bond acceptors (Lipinski definition) is 4. The van der Waals surface area contributed by atoms with E-state index in [9.17, 15) is 0 Å². The molecule has 0 bridgehead atoms. The van der Waals surface area contributed by atoms with E-state index in [2.05, 4.69) is 23.8 Å². The molecule has 0 aliphatic carbocycles. The summed E-state index contributed by atoms with van der Waals surface area (Å²) in [5.74, 6) is 1.73. The number of nitrogens with two attached hydrogens (primary N) is 1. The van der Waals surface area contributed by atoms with E-state index in [0.717, 1.165) is 22.9 Å². The smallest absolute Gasteiger partial charge is 0.187 e. The maximum Gasteiger partial charge on any atom is 0.187 e. The van der Waals surface area contributed by atoms with Crippen LogP contribution in [0.2, 0.25) is 0 Å². The zero-order valence-corrected chi connectivity index (χ0v) is 10.4. The van der Waals surface area contributed by atoms with Gasteiger partial charge in [-0.2, -0.15) is 0 Å². The predicted octanol–water partition coefficient (Wildman–Crippen LogP) is 2.11. The molecule has 1 heterocycles. The van der Waals surface area contributed by atoms with Crippen molar-refractivity contribution in [3.05, 3.63) is 18.0 Å². The Kier molecular flexibility index (Phi) is 5.05. The summed E-state index contributed by atoms with van der Waals surface area (Å²) < 4.78 is 0. The molecule has 84 valence electrons. The molecule has 1 rings (SSSR count). The Balaban J connectivity index is 2.49. The predicted molar refractivity (Wildman–Crippen MR) is 64.9 cm³/mol. The van der Waals surface area contributed by atoms with Crippen LogP contribution in [0.3, 0.4) is 0 Å². The highest BCUT2D eigenvalue weighted by molar-refractivity contribution is 7.99. The summed E-state index contributed by atoms with van der Waals surface area (Å²) in [5, 5.41) is 0.858. The van der Waals surface area contributed by atoms with E-state index in [4.69, 9.17) is 5.73 Å². The molecule has 2 N–H and O–H groups in total. The van der Waals surface area contributed by atoms with E-state index in [-0.39, 0.29) is 6.04 Å². The first-order valence-corrected chi connectivity index (χ1v) is 6.25. The van der Waals surface area contributed by atoms with Gasteiger partial charge in [-0.3, -0.25) is 0 Å². The molecule has 0 saturated carbocycles. The van der Waals surface area contributed by atoms with Gasteiger partial charge in [0.25, 0.3) is 0 Å². The molecule has 0 aliphatic rings. The largest absolute Gasteiger partial charge is 0.328 e. The van der Waals surface area contributed by atoms with Gasteiger partial charge in [-0.15, -0.1) is 0 Å². The molecule has 4 heteroatoms. The summed E-state index contributed by atoms with van der Waals surface area (Å²) in [6, 6.07) is 0.169. The van der Waals surface area contributed by atoms with Crippen LogP contribution in [0.1, 0.15) is 26.3 Å². The zero-order chi connectivity index (χ0) is 11.3. The minimum Gasteiger partial charge on any atom is -0.328 e. The highest BCUT2D eigenvalue weighted by Gasteiger charge is 2.02. The van der Waals surface area contributed by atoms with Gasteiger partial charge in [-0.05, 0) is 24.8 Å². The van der Waals surface area contributed by atoms with Crippen LogP contribution in [0.5, 0.6) is 0 Å². The van der Waals surface area contributed by atoms with Crippen molar-refractivity contribution in [3.8, 4) is 0 Å². The Hall–Kier alpha value is -0.610. The molecule has 1 unspecified atom stereocenters. The third-order valence-corrected chi connectivity index (χ3v) is 3.09. The Morgan fingerprint density at radius 1 is 1.27 bits per heavy atom. The van der Waals surface area contributed by atoms with E-state index in [1.54, 1.807) is 11.8 Å². The van der Waals surface area contributed by atoms with Crippen molar-refractivity contribution in [2.75, 3.05) is 5.75 Å². The molecule has 15 heavy (non-hydrogen) atoms. The van der Waals surface area contributed by atoms with Crippen LogP contribution in [0, 0.1) is 5.92 Å². The van der Waals surface area contributed by atoms with Crippen molar-refractivity contribution >= 4 is 11.8 Å². The second-order valence-corrected chi connectivity index (χ2v) is 5.25. The molecule has 0 fully saturated rings. The lowest BCUT2D eigenvalue weighted by molar-refractivity contribution is 0.725. The lowest BCUT2D eigenvalue weighted by Gasteiger charge is -2.05. The number of rotatable bonds is 5. The monoisotopic (exact) mass is 225 g/mol. The first kappa shape index (κ1) is 12.5. The quantitative estimate of drug-likeness (QED) is 0.616. The average molecular weight is 225 g/mol. The van der Waals surface area contributed by atoms with Gasteiger partial charge < -0.3 is 5.73 Å². The molecule has 1 aromatic rings. The average Bonchev–Trinajstić information content (AvgIpc) is 2.16. The van der Waals surface area contributed by atoms with Crippen LogP contribution >= 0.6 is 11.8 Å². The molecular formula is C11H19N3S. The van der Waals surface area contributed by atoms with Crippen molar-refractivity contribution in [3.63, 3.8) is 0 Å². The SMILES string of the molecule is CC(C)CSc1ncc(CC(C)N)cn1. The minimum absolute atomic E-state index is 0.169. The summed E-state index contributed by atoms with van der Waals surface area (Å²) in [5.41, 5.74) is 6.81. The molecule has 0 saturated heterocycles. The topological polar surface area (TPSA) is 51.8 Å².